The first-order valence-corrected chi connectivity index (χ1v) is 6.62. The molecule has 1 saturated carbocycles. The van der Waals surface area contributed by atoms with Gasteiger partial charge in [-0.05, 0) is 25.8 Å². The Morgan fingerprint density at radius 3 is 3.00 bits per heavy atom. The van der Waals surface area contributed by atoms with Crippen molar-refractivity contribution < 1.29 is 14.3 Å². The van der Waals surface area contributed by atoms with Crippen LogP contribution in [0.2, 0.25) is 0 Å². The number of hydrogen-bond donors (Lipinski definition) is 0. The average Bonchev–Trinajstić information content (AvgIpc) is 3.12. The van der Waals surface area contributed by atoms with Crippen molar-refractivity contribution in [2.24, 2.45) is 11.8 Å². The lowest BCUT2D eigenvalue weighted by Crippen LogP contribution is -2.38. The number of hydrogen-bond acceptors (Lipinski definition) is 4. The van der Waals surface area contributed by atoms with E-state index in [4.69, 9.17) is 9.47 Å². The molecule has 0 N–H and O–H groups in total. The standard InChI is InChI=1S/C13H23NO3/c1-14(5-7-17-9-11-2-3-11)8-12-10-16-6-4-13(12)15/h11-12H,2-10H2,1H3. The minimum atomic E-state index is 0.0668. The molecule has 0 radical (unpaired) electrons. The number of rotatable bonds is 7. The minimum absolute atomic E-state index is 0.0668. The summed E-state index contributed by atoms with van der Waals surface area (Å²) in [5.41, 5.74) is 0. The van der Waals surface area contributed by atoms with Crippen LogP contribution in [-0.2, 0) is 14.3 Å². The number of likely N-dealkylation sites (N-methyl/N-ethyl adjacent to an activating group) is 1. The van der Waals surface area contributed by atoms with Gasteiger partial charge in [-0.2, -0.15) is 0 Å². The van der Waals surface area contributed by atoms with Crippen LogP contribution in [0.3, 0.4) is 0 Å². The van der Waals surface area contributed by atoms with Crippen molar-refractivity contribution in [2.75, 3.05) is 46.6 Å². The Kier molecular flexibility index (Phi) is 4.95. The molecule has 17 heavy (non-hydrogen) atoms. The number of carbonyl (C=O) groups is 1. The molecule has 2 rings (SSSR count). The molecule has 1 aliphatic carbocycles. The summed E-state index contributed by atoms with van der Waals surface area (Å²) >= 11 is 0. The fraction of sp³-hybridized carbons (Fsp3) is 0.923. The van der Waals surface area contributed by atoms with Crippen LogP contribution in [-0.4, -0.2) is 57.2 Å². The van der Waals surface area contributed by atoms with Gasteiger partial charge in [-0.3, -0.25) is 4.79 Å². The summed E-state index contributed by atoms with van der Waals surface area (Å²) in [7, 11) is 2.04. The van der Waals surface area contributed by atoms with Crippen molar-refractivity contribution in [1.82, 2.24) is 4.90 Å². The SMILES string of the molecule is CN(CCOCC1CC1)CC1COCCC1=O. The molecular weight excluding hydrogens is 218 g/mol. The third kappa shape index (κ3) is 4.74. The highest BCUT2D eigenvalue weighted by molar-refractivity contribution is 5.82. The van der Waals surface area contributed by atoms with Gasteiger partial charge in [-0.1, -0.05) is 0 Å². The highest BCUT2D eigenvalue weighted by Crippen LogP contribution is 2.28. The number of nitrogens with zero attached hydrogens (tertiary/aromatic N) is 1. The van der Waals surface area contributed by atoms with Crippen LogP contribution in [0.25, 0.3) is 0 Å². The van der Waals surface area contributed by atoms with Gasteiger partial charge in [0.15, 0.2) is 0 Å². The molecule has 1 saturated heterocycles. The molecule has 98 valence electrons. The first-order chi connectivity index (χ1) is 8.25. The van der Waals surface area contributed by atoms with E-state index in [2.05, 4.69) is 4.90 Å². The zero-order valence-electron chi connectivity index (χ0n) is 10.7. The molecule has 0 aromatic rings. The minimum Gasteiger partial charge on any atom is -0.380 e. The lowest BCUT2D eigenvalue weighted by molar-refractivity contribution is -0.131. The van der Waals surface area contributed by atoms with Crippen LogP contribution in [0.15, 0.2) is 0 Å². The van der Waals surface area contributed by atoms with Crippen molar-refractivity contribution in [2.45, 2.75) is 19.3 Å². The number of ketones is 1. The Morgan fingerprint density at radius 1 is 1.47 bits per heavy atom. The first-order valence-electron chi connectivity index (χ1n) is 6.62. The monoisotopic (exact) mass is 241 g/mol. The maximum absolute atomic E-state index is 11.6. The van der Waals surface area contributed by atoms with Gasteiger partial charge in [0.1, 0.15) is 5.78 Å². The predicted molar refractivity (Wildman–Crippen MR) is 65.0 cm³/mol. The van der Waals surface area contributed by atoms with E-state index in [9.17, 15) is 4.79 Å². The van der Waals surface area contributed by atoms with Crippen molar-refractivity contribution in [3.05, 3.63) is 0 Å². The molecule has 1 heterocycles. The van der Waals surface area contributed by atoms with E-state index in [1.165, 1.54) is 12.8 Å². The summed E-state index contributed by atoms with van der Waals surface area (Å²) in [6.45, 7) is 4.58. The molecule has 0 spiro atoms. The van der Waals surface area contributed by atoms with Crippen molar-refractivity contribution in [1.29, 1.82) is 0 Å². The van der Waals surface area contributed by atoms with Crippen molar-refractivity contribution >= 4 is 5.78 Å². The van der Waals surface area contributed by atoms with Crippen LogP contribution in [0.4, 0.5) is 0 Å². The molecule has 0 amide bonds. The Balaban J connectivity index is 1.55. The smallest absolute Gasteiger partial charge is 0.141 e. The van der Waals surface area contributed by atoms with Gasteiger partial charge in [-0.15, -0.1) is 0 Å². The summed E-state index contributed by atoms with van der Waals surface area (Å²) in [5, 5.41) is 0. The predicted octanol–water partition coefficient (Wildman–Crippen LogP) is 0.950. The van der Waals surface area contributed by atoms with E-state index < -0.39 is 0 Å². The Labute approximate surface area is 103 Å². The Morgan fingerprint density at radius 2 is 2.29 bits per heavy atom. The van der Waals surface area contributed by atoms with Gasteiger partial charge in [0, 0.05) is 26.1 Å². The third-order valence-electron chi connectivity index (χ3n) is 3.47. The van der Waals surface area contributed by atoms with E-state index in [0.29, 0.717) is 25.4 Å². The Hall–Kier alpha value is -0.450. The molecule has 0 aromatic carbocycles. The fourth-order valence-corrected chi connectivity index (χ4v) is 2.07. The summed E-state index contributed by atoms with van der Waals surface area (Å²) < 4.78 is 10.9. The van der Waals surface area contributed by atoms with Gasteiger partial charge in [-0.25, -0.2) is 0 Å². The summed E-state index contributed by atoms with van der Waals surface area (Å²) in [6, 6.07) is 0. The molecule has 0 aromatic heterocycles. The van der Waals surface area contributed by atoms with Crippen LogP contribution in [0, 0.1) is 11.8 Å². The van der Waals surface area contributed by atoms with Gasteiger partial charge in [0.05, 0.1) is 25.7 Å². The third-order valence-corrected chi connectivity index (χ3v) is 3.47. The molecule has 2 fully saturated rings. The van der Waals surface area contributed by atoms with E-state index in [1.54, 1.807) is 0 Å². The fourth-order valence-electron chi connectivity index (χ4n) is 2.07. The van der Waals surface area contributed by atoms with Crippen LogP contribution in [0.1, 0.15) is 19.3 Å². The molecule has 2 aliphatic rings. The molecule has 0 bridgehead atoms. The summed E-state index contributed by atoms with van der Waals surface area (Å²) in [4.78, 5) is 13.8. The first kappa shape index (κ1) is 13.0. The van der Waals surface area contributed by atoms with Crippen molar-refractivity contribution in [3.63, 3.8) is 0 Å². The highest BCUT2D eigenvalue weighted by Gasteiger charge is 2.24. The maximum atomic E-state index is 11.6. The van der Waals surface area contributed by atoms with Gasteiger partial charge in [0.25, 0.3) is 0 Å². The number of carbonyl (C=O) groups excluding carboxylic acids is 1. The maximum Gasteiger partial charge on any atom is 0.141 e. The van der Waals surface area contributed by atoms with E-state index in [-0.39, 0.29) is 5.92 Å². The highest BCUT2D eigenvalue weighted by atomic mass is 16.5. The molecule has 4 nitrogen and oxygen atoms in total. The normalized spacial score (nSPS) is 25.5. The average molecular weight is 241 g/mol. The summed E-state index contributed by atoms with van der Waals surface area (Å²) in [6.07, 6.45) is 3.25. The van der Waals surface area contributed by atoms with Gasteiger partial charge in [0.2, 0.25) is 0 Å². The molecular formula is C13H23NO3. The largest absolute Gasteiger partial charge is 0.380 e. The van der Waals surface area contributed by atoms with Crippen LogP contribution in [0.5, 0.6) is 0 Å². The molecule has 1 atom stereocenters. The van der Waals surface area contributed by atoms with Crippen molar-refractivity contribution in [3.8, 4) is 0 Å². The zero-order valence-corrected chi connectivity index (χ0v) is 10.7. The van der Waals surface area contributed by atoms with Crippen LogP contribution < -0.4 is 0 Å². The van der Waals surface area contributed by atoms with Crippen LogP contribution >= 0.6 is 0 Å². The lowest BCUT2D eigenvalue weighted by Gasteiger charge is -2.26. The van der Waals surface area contributed by atoms with E-state index >= 15 is 0 Å². The lowest BCUT2D eigenvalue weighted by atomic mass is 10.0. The zero-order chi connectivity index (χ0) is 12.1. The summed E-state index contributed by atoms with van der Waals surface area (Å²) in [5.74, 6) is 1.24. The van der Waals surface area contributed by atoms with E-state index in [0.717, 1.165) is 32.2 Å². The topological polar surface area (TPSA) is 38.8 Å². The second kappa shape index (κ2) is 6.47. The molecule has 1 aliphatic heterocycles. The second-order valence-corrected chi connectivity index (χ2v) is 5.27. The number of Topliss-reactive ketones (excluding diaryl/α,β-unsaturated/α-hetero) is 1. The van der Waals surface area contributed by atoms with Gasteiger partial charge >= 0.3 is 0 Å². The quantitative estimate of drug-likeness (QED) is 0.622. The van der Waals surface area contributed by atoms with E-state index in [1.807, 2.05) is 7.05 Å². The van der Waals surface area contributed by atoms with Gasteiger partial charge < -0.3 is 14.4 Å². The second-order valence-electron chi connectivity index (χ2n) is 5.27. The molecule has 1 unspecified atom stereocenters. The number of ether oxygens (including phenoxy) is 2. The molecule has 4 heteroatoms. The Bertz CT molecular complexity index is 253.